The van der Waals surface area contributed by atoms with Gasteiger partial charge in [0.15, 0.2) is 0 Å². The maximum absolute atomic E-state index is 4.12. The zero-order chi connectivity index (χ0) is 12.3. The van der Waals surface area contributed by atoms with E-state index in [9.17, 15) is 0 Å². The molecule has 0 amide bonds. The molecule has 0 heterocycles. The molecule has 0 saturated carbocycles. The highest BCUT2D eigenvalue weighted by molar-refractivity contribution is 5.91. The first-order valence-corrected chi connectivity index (χ1v) is 5.74. The van der Waals surface area contributed by atoms with Gasteiger partial charge < -0.3 is 0 Å². The van der Waals surface area contributed by atoms with Crippen LogP contribution in [0.3, 0.4) is 0 Å². The molecule has 0 bridgehead atoms. The van der Waals surface area contributed by atoms with Crippen LogP contribution in [-0.2, 0) is 0 Å². The maximum atomic E-state index is 4.12. The molecule has 0 nitrogen and oxygen atoms in total. The first kappa shape index (κ1) is 11.4. The van der Waals surface area contributed by atoms with Gasteiger partial charge in [-0.1, -0.05) is 61.7 Å². The number of rotatable bonds is 2. The Kier molecular flexibility index (Phi) is 3.24. The predicted octanol–water partition coefficient (Wildman–Crippen LogP) is 3.25. The largest absolute Gasteiger partial charge is 0.0990 e. The van der Waals surface area contributed by atoms with Crippen molar-refractivity contribution < 1.29 is 0 Å². The molecule has 0 radical (unpaired) electrons. The van der Waals surface area contributed by atoms with E-state index >= 15 is 0 Å². The van der Waals surface area contributed by atoms with Crippen LogP contribution < -0.4 is 10.4 Å². The molecule has 2 aromatic carbocycles. The van der Waals surface area contributed by atoms with Crippen molar-refractivity contribution in [3.8, 4) is 0 Å². The Morgan fingerprint density at radius 2 is 1.94 bits per heavy atom. The highest BCUT2D eigenvalue weighted by Crippen LogP contribution is 2.15. The minimum Gasteiger partial charge on any atom is -0.0990 e. The van der Waals surface area contributed by atoms with Crippen molar-refractivity contribution in [2.75, 3.05) is 0 Å². The summed E-state index contributed by atoms with van der Waals surface area (Å²) < 4.78 is 0. The van der Waals surface area contributed by atoms with Gasteiger partial charge in [0.1, 0.15) is 0 Å². The van der Waals surface area contributed by atoms with Crippen LogP contribution >= 0.6 is 0 Å². The van der Waals surface area contributed by atoms with Crippen LogP contribution in [0, 0.1) is 0 Å². The molecular formula is C17H16. The molecule has 17 heavy (non-hydrogen) atoms. The van der Waals surface area contributed by atoms with E-state index in [0.717, 1.165) is 10.4 Å². The van der Waals surface area contributed by atoms with Gasteiger partial charge in [-0.3, -0.25) is 0 Å². The van der Waals surface area contributed by atoms with E-state index in [4.69, 9.17) is 0 Å². The van der Waals surface area contributed by atoms with Gasteiger partial charge in [-0.2, -0.15) is 0 Å². The first-order valence-electron chi connectivity index (χ1n) is 5.74. The molecule has 0 fully saturated rings. The van der Waals surface area contributed by atoms with Crippen LogP contribution in [0.5, 0.6) is 0 Å². The average molecular weight is 220 g/mol. The normalized spacial score (nSPS) is 12.4. The summed E-state index contributed by atoms with van der Waals surface area (Å²) in [6.45, 7) is 9.92. The fraction of sp³-hybridized carbons (Fsp3) is 0.0588. The monoisotopic (exact) mass is 220 g/mol. The predicted molar refractivity (Wildman–Crippen MR) is 78.1 cm³/mol. The van der Waals surface area contributed by atoms with Gasteiger partial charge in [-0.15, -0.1) is 0 Å². The SMILES string of the molecule is C=C/C=c1/c(/C=C\C)c2ccccc2cc1=C. The van der Waals surface area contributed by atoms with Crippen molar-refractivity contribution in [1.29, 1.82) is 0 Å². The topological polar surface area (TPSA) is 0 Å². The zero-order valence-electron chi connectivity index (χ0n) is 10.1. The molecule has 0 heteroatoms. The minimum absolute atomic E-state index is 1.04. The van der Waals surface area contributed by atoms with E-state index in [1.807, 2.05) is 19.1 Å². The Bertz CT molecular complexity index is 688. The lowest BCUT2D eigenvalue weighted by Gasteiger charge is -2.04. The Morgan fingerprint density at radius 1 is 1.18 bits per heavy atom. The number of hydrogen-bond acceptors (Lipinski definition) is 0. The Hall–Kier alpha value is -2.08. The number of hydrogen-bond donors (Lipinski definition) is 0. The summed E-state index contributed by atoms with van der Waals surface area (Å²) in [5, 5.41) is 4.67. The van der Waals surface area contributed by atoms with Crippen LogP contribution in [0.2, 0.25) is 0 Å². The van der Waals surface area contributed by atoms with E-state index in [1.54, 1.807) is 0 Å². The highest BCUT2D eigenvalue weighted by atomic mass is 14.0. The molecule has 0 spiro atoms. The van der Waals surface area contributed by atoms with Crippen LogP contribution in [0.15, 0.2) is 49.1 Å². The molecule has 2 rings (SSSR count). The van der Waals surface area contributed by atoms with E-state index in [1.165, 1.54) is 16.3 Å². The maximum Gasteiger partial charge on any atom is -0.0103 e. The highest BCUT2D eigenvalue weighted by Gasteiger charge is 2.00. The summed E-state index contributed by atoms with van der Waals surface area (Å²) in [7, 11) is 0. The molecule has 0 aliphatic rings. The van der Waals surface area contributed by atoms with Gasteiger partial charge >= 0.3 is 0 Å². The molecule has 0 unspecified atom stereocenters. The van der Waals surface area contributed by atoms with Gasteiger partial charge in [0.2, 0.25) is 0 Å². The summed E-state index contributed by atoms with van der Waals surface area (Å²) in [5.74, 6) is 0. The van der Waals surface area contributed by atoms with Gasteiger partial charge in [0, 0.05) is 0 Å². The van der Waals surface area contributed by atoms with E-state index < -0.39 is 0 Å². The van der Waals surface area contributed by atoms with Crippen molar-refractivity contribution in [2.45, 2.75) is 6.92 Å². The van der Waals surface area contributed by atoms with Gasteiger partial charge in [0.05, 0.1) is 0 Å². The van der Waals surface area contributed by atoms with Crippen LogP contribution in [-0.4, -0.2) is 0 Å². The first-order chi connectivity index (χ1) is 8.27. The third-order valence-corrected chi connectivity index (χ3v) is 2.83. The fourth-order valence-electron chi connectivity index (χ4n) is 2.11. The summed E-state index contributed by atoms with van der Waals surface area (Å²) in [6, 6.07) is 10.5. The zero-order valence-corrected chi connectivity index (χ0v) is 10.1. The van der Waals surface area contributed by atoms with Crippen LogP contribution in [0.25, 0.3) is 29.5 Å². The van der Waals surface area contributed by atoms with Gasteiger partial charge in [-0.25, -0.2) is 0 Å². The Morgan fingerprint density at radius 3 is 2.65 bits per heavy atom. The van der Waals surface area contributed by atoms with Crippen LogP contribution in [0.4, 0.5) is 0 Å². The number of fused-ring (bicyclic) bond motifs is 1. The molecule has 0 N–H and O–H groups in total. The standard InChI is InChI=1S/C17H16/c1-4-8-15-13(3)12-14-10-6-7-11-16(14)17(15)9-5-2/h4-12H,1,3H2,2H3/b9-5-,15-8+. The Labute approximate surface area is 102 Å². The summed E-state index contributed by atoms with van der Waals surface area (Å²) in [6.07, 6.45) is 8.02. The summed E-state index contributed by atoms with van der Waals surface area (Å²) >= 11 is 0. The number of benzene rings is 2. The summed E-state index contributed by atoms with van der Waals surface area (Å²) in [5.41, 5.74) is 1.22. The average Bonchev–Trinajstić information content (AvgIpc) is 2.34. The Balaban J connectivity index is 3.04. The number of allylic oxidation sites excluding steroid dienone is 2. The lowest BCUT2D eigenvalue weighted by molar-refractivity contribution is 1.54. The lowest BCUT2D eigenvalue weighted by Crippen LogP contribution is -2.25. The molecule has 0 aliphatic carbocycles. The van der Waals surface area contributed by atoms with Crippen molar-refractivity contribution in [2.24, 2.45) is 0 Å². The van der Waals surface area contributed by atoms with Crippen molar-refractivity contribution in [3.63, 3.8) is 0 Å². The molecule has 0 saturated heterocycles. The quantitative estimate of drug-likeness (QED) is 0.729. The molecule has 0 aliphatic heterocycles. The lowest BCUT2D eigenvalue weighted by atomic mass is 10.00. The third kappa shape index (κ3) is 2.07. The molecule has 84 valence electrons. The molecular weight excluding hydrogens is 204 g/mol. The minimum atomic E-state index is 1.04. The summed E-state index contributed by atoms with van der Waals surface area (Å²) in [4.78, 5) is 0. The third-order valence-electron chi connectivity index (χ3n) is 2.83. The molecule has 0 atom stereocenters. The van der Waals surface area contributed by atoms with Gasteiger partial charge in [0.25, 0.3) is 0 Å². The van der Waals surface area contributed by atoms with E-state index in [0.29, 0.717) is 0 Å². The molecule has 2 aromatic rings. The van der Waals surface area contributed by atoms with Crippen molar-refractivity contribution >= 4 is 29.5 Å². The van der Waals surface area contributed by atoms with E-state index in [-0.39, 0.29) is 0 Å². The van der Waals surface area contributed by atoms with Gasteiger partial charge in [-0.05, 0) is 39.8 Å². The van der Waals surface area contributed by atoms with E-state index in [2.05, 4.69) is 55.6 Å². The second-order valence-corrected chi connectivity index (χ2v) is 3.99. The fourth-order valence-corrected chi connectivity index (χ4v) is 2.11. The smallest absolute Gasteiger partial charge is 0.0103 e. The second-order valence-electron chi connectivity index (χ2n) is 3.99. The molecule has 0 aromatic heterocycles. The van der Waals surface area contributed by atoms with Crippen LogP contribution in [0.1, 0.15) is 12.5 Å². The second kappa shape index (κ2) is 4.84. The van der Waals surface area contributed by atoms with Crippen molar-refractivity contribution in [1.82, 2.24) is 0 Å². The van der Waals surface area contributed by atoms with Crippen molar-refractivity contribution in [3.05, 3.63) is 65.1 Å².